The number of anilines is 1. The lowest BCUT2D eigenvalue weighted by Gasteiger charge is -2.18. The lowest BCUT2D eigenvalue weighted by molar-refractivity contribution is 0.705. The summed E-state index contributed by atoms with van der Waals surface area (Å²) < 4.78 is 0. The van der Waals surface area contributed by atoms with Gasteiger partial charge in [0, 0.05) is 48.7 Å². The number of nitrogens with one attached hydrogen (secondary N) is 2. The number of rotatable bonds is 6. The number of hydrogen-bond acceptors (Lipinski definition) is 5. The minimum atomic E-state index is -0.235. The van der Waals surface area contributed by atoms with Crippen molar-refractivity contribution in [3.63, 3.8) is 0 Å². The minimum absolute atomic E-state index is 0.235. The van der Waals surface area contributed by atoms with E-state index in [2.05, 4.69) is 15.3 Å². The van der Waals surface area contributed by atoms with Crippen LogP contribution in [0.4, 0.5) is 5.82 Å². The van der Waals surface area contributed by atoms with E-state index in [1.54, 1.807) is 19.4 Å². The minimum Gasteiger partial charge on any atom is -0.373 e. The second-order valence-electron chi connectivity index (χ2n) is 5.74. The molecule has 5 heteroatoms. The Bertz CT molecular complexity index is 861. The fraction of sp³-hybridized carbons (Fsp3) is 0.150. The van der Waals surface area contributed by atoms with Crippen molar-refractivity contribution in [3.8, 4) is 0 Å². The zero-order chi connectivity index (χ0) is 17.6. The van der Waals surface area contributed by atoms with E-state index in [-0.39, 0.29) is 6.04 Å². The third kappa shape index (κ3) is 3.72. The molecule has 5 nitrogen and oxygen atoms in total. The summed E-state index contributed by atoms with van der Waals surface area (Å²) in [4.78, 5) is 8.64. The lowest BCUT2D eigenvalue weighted by Crippen LogP contribution is -2.18. The second kappa shape index (κ2) is 7.68. The first kappa shape index (κ1) is 16.8. The fourth-order valence-electron chi connectivity index (χ4n) is 2.85. The summed E-state index contributed by atoms with van der Waals surface area (Å²) in [5.74, 6) is 0.681. The van der Waals surface area contributed by atoms with E-state index in [1.807, 2.05) is 54.6 Å². The van der Waals surface area contributed by atoms with Crippen LogP contribution in [0.2, 0.25) is 0 Å². The third-order valence-electron chi connectivity index (χ3n) is 4.10. The van der Waals surface area contributed by atoms with Crippen LogP contribution in [0.1, 0.15) is 28.4 Å². The number of aromatic nitrogens is 2. The van der Waals surface area contributed by atoms with Gasteiger partial charge in [0.25, 0.3) is 0 Å². The van der Waals surface area contributed by atoms with Gasteiger partial charge in [0.1, 0.15) is 5.82 Å². The van der Waals surface area contributed by atoms with Gasteiger partial charge in [-0.2, -0.15) is 0 Å². The van der Waals surface area contributed by atoms with Gasteiger partial charge in [-0.1, -0.05) is 30.3 Å². The topological polar surface area (TPSA) is 87.7 Å². The van der Waals surface area contributed by atoms with Crippen LogP contribution in [0, 0.1) is 5.41 Å². The maximum atomic E-state index is 8.68. The molecule has 1 aromatic carbocycles. The molecule has 0 fully saturated rings. The Morgan fingerprint density at radius 2 is 1.72 bits per heavy atom. The Labute approximate surface area is 147 Å². The first-order valence-corrected chi connectivity index (χ1v) is 8.17. The molecule has 25 heavy (non-hydrogen) atoms. The third-order valence-corrected chi connectivity index (χ3v) is 4.10. The van der Waals surface area contributed by atoms with E-state index in [0.717, 1.165) is 22.4 Å². The van der Waals surface area contributed by atoms with Gasteiger partial charge in [-0.05, 0) is 29.8 Å². The summed E-state index contributed by atoms with van der Waals surface area (Å²) in [5, 5.41) is 11.7. The SMILES string of the molecule is CNc1ncccc1C(=N)c1ccccc1[C@@H](N)Cc1ccccn1. The number of nitrogens with zero attached hydrogens (tertiary/aromatic N) is 2. The molecule has 2 aromatic heterocycles. The van der Waals surface area contributed by atoms with Gasteiger partial charge in [-0.25, -0.2) is 4.98 Å². The summed E-state index contributed by atoms with van der Waals surface area (Å²) in [6, 6.07) is 17.1. The molecule has 4 N–H and O–H groups in total. The first-order valence-electron chi connectivity index (χ1n) is 8.17. The van der Waals surface area contributed by atoms with Crippen molar-refractivity contribution in [2.45, 2.75) is 12.5 Å². The summed E-state index contributed by atoms with van der Waals surface area (Å²) in [7, 11) is 1.80. The summed E-state index contributed by atoms with van der Waals surface area (Å²) in [6.45, 7) is 0. The number of nitrogens with two attached hydrogens (primary N) is 1. The molecule has 0 aliphatic heterocycles. The molecular weight excluding hydrogens is 310 g/mol. The summed E-state index contributed by atoms with van der Waals surface area (Å²) in [5.41, 5.74) is 10.3. The van der Waals surface area contributed by atoms with Crippen LogP contribution in [0.5, 0.6) is 0 Å². The van der Waals surface area contributed by atoms with Crippen LogP contribution in [0.15, 0.2) is 67.0 Å². The monoisotopic (exact) mass is 331 g/mol. The molecule has 0 spiro atoms. The van der Waals surface area contributed by atoms with E-state index in [1.165, 1.54) is 0 Å². The van der Waals surface area contributed by atoms with Crippen LogP contribution in [-0.4, -0.2) is 22.7 Å². The Balaban J connectivity index is 1.94. The highest BCUT2D eigenvalue weighted by Gasteiger charge is 2.17. The Morgan fingerprint density at radius 3 is 2.48 bits per heavy atom. The first-order chi connectivity index (χ1) is 12.2. The molecule has 0 aliphatic carbocycles. The maximum Gasteiger partial charge on any atom is 0.135 e. The van der Waals surface area contributed by atoms with Gasteiger partial charge in [-0.3, -0.25) is 10.4 Å². The molecule has 3 aromatic rings. The highest BCUT2D eigenvalue weighted by molar-refractivity contribution is 6.14. The van der Waals surface area contributed by atoms with Crippen molar-refractivity contribution in [2.75, 3.05) is 12.4 Å². The highest BCUT2D eigenvalue weighted by Crippen LogP contribution is 2.24. The van der Waals surface area contributed by atoms with Crippen molar-refractivity contribution in [3.05, 3.63) is 89.4 Å². The van der Waals surface area contributed by atoms with E-state index < -0.39 is 0 Å². The summed E-state index contributed by atoms with van der Waals surface area (Å²) >= 11 is 0. The average Bonchev–Trinajstić information content (AvgIpc) is 2.68. The van der Waals surface area contributed by atoms with Crippen molar-refractivity contribution < 1.29 is 0 Å². The number of hydrogen-bond donors (Lipinski definition) is 3. The molecule has 2 heterocycles. The van der Waals surface area contributed by atoms with Crippen LogP contribution in [0.25, 0.3) is 0 Å². The van der Waals surface area contributed by atoms with Crippen LogP contribution < -0.4 is 11.1 Å². The largest absolute Gasteiger partial charge is 0.373 e. The molecular formula is C20H21N5. The average molecular weight is 331 g/mol. The zero-order valence-electron chi connectivity index (χ0n) is 14.1. The molecule has 0 amide bonds. The Hall–Kier alpha value is -3.05. The van der Waals surface area contributed by atoms with Crippen molar-refractivity contribution in [1.82, 2.24) is 9.97 Å². The molecule has 0 aliphatic rings. The Morgan fingerprint density at radius 1 is 1.00 bits per heavy atom. The maximum absolute atomic E-state index is 8.68. The Kier molecular flexibility index (Phi) is 5.16. The predicted molar refractivity (Wildman–Crippen MR) is 101 cm³/mol. The van der Waals surface area contributed by atoms with E-state index >= 15 is 0 Å². The molecule has 0 saturated heterocycles. The van der Waals surface area contributed by atoms with Gasteiger partial charge in [-0.15, -0.1) is 0 Å². The molecule has 0 unspecified atom stereocenters. The highest BCUT2D eigenvalue weighted by atomic mass is 15.0. The molecule has 0 bridgehead atoms. The van der Waals surface area contributed by atoms with Gasteiger partial charge in [0.15, 0.2) is 0 Å². The molecule has 0 saturated carbocycles. The smallest absolute Gasteiger partial charge is 0.135 e. The summed E-state index contributed by atoms with van der Waals surface area (Å²) in [6.07, 6.45) is 4.10. The van der Waals surface area contributed by atoms with Crippen molar-refractivity contribution in [2.24, 2.45) is 5.73 Å². The van der Waals surface area contributed by atoms with Gasteiger partial charge in [0.05, 0.1) is 5.71 Å². The second-order valence-corrected chi connectivity index (χ2v) is 5.74. The van der Waals surface area contributed by atoms with Crippen molar-refractivity contribution in [1.29, 1.82) is 5.41 Å². The van der Waals surface area contributed by atoms with Crippen LogP contribution >= 0.6 is 0 Å². The van der Waals surface area contributed by atoms with E-state index in [9.17, 15) is 0 Å². The standard InChI is InChI=1S/C20H21N5/c1-23-20-17(10-6-12-25-20)19(22)16-9-3-2-8-15(16)18(21)13-14-7-4-5-11-24-14/h2-12,18,22H,13,21H2,1H3,(H,23,25)/t18-/m0/s1. The molecule has 1 atom stereocenters. The van der Waals surface area contributed by atoms with Crippen LogP contribution in [0.3, 0.4) is 0 Å². The lowest BCUT2D eigenvalue weighted by atomic mass is 9.92. The number of benzene rings is 1. The molecule has 0 radical (unpaired) electrons. The van der Waals surface area contributed by atoms with Gasteiger partial charge >= 0.3 is 0 Å². The predicted octanol–water partition coefficient (Wildman–Crippen LogP) is 3.18. The zero-order valence-corrected chi connectivity index (χ0v) is 14.1. The van der Waals surface area contributed by atoms with E-state index in [4.69, 9.17) is 11.1 Å². The molecule has 126 valence electrons. The fourth-order valence-corrected chi connectivity index (χ4v) is 2.85. The van der Waals surface area contributed by atoms with Gasteiger partial charge < -0.3 is 11.1 Å². The normalized spacial score (nSPS) is 11.8. The van der Waals surface area contributed by atoms with Crippen LogP contribution in [-0.2, 0) is 6.42 Å². The van der Waals surface area contributed by atoms with E-state index in [0.29, 0.717) is 18.0 Å². The quantitative estimate of drug-likeness (QED) is 0.605. The number of pyridine rings is 2. The van der Waals surface area contributed by atoms with Crippen molar-refractivity contribution >= 4 is 11.5 Å². The molecule has 3 rings (SSSR count). The van der Waals surface area contributed by atoms with Gasteiger partial charge in [0.2, 0.25) is 0 Å².